The van der Waals surface area contributed by atoms with Crippen LogP contribution in [0.3, 0.4) is 0 Å². The van der Waals surface area contributed by atoms with Gasteiger partial charge in [0.2, 0.25) is 10.0 Å². The Kier molecular flexibility index (Phi) is 7.19. The Labute approximate surface area is 123 Å². The summed E-state index contributed by atoms with van der Waals surface area (Å²) >= 11 is 0. The van der Waals surface area contributed by atoms with Crippen molar-refractivity contribution in [2.45, 2.75) is 33.2 Å². The Morgan fingerprint density at radius 1 is 1.25 bits per heavy atom. The average Bonchev–Trinajstić information content (AvgIpc) is 2.38. The predicted molar refractivity (Wildman–Crippen MR) is 84.2 cm³/mol. The average molecular weight is 298 g/mol. The number of nitrogens with zero attached hydrogens (tertiary/aromatic N) is 1. The highest BCUT2D eigenvalue weighted by Gasteiger charge is 2.17. The molecule has 114 valence electrons. The van der Waals surface area contributed by atoms with Crippen molar-refractivity contribution in [3.05, 3.63) is 35.4 Å². The fourth-order valence-corrected chi connectivity index (χ4v) is 3.26. The minimum absolute atomic E-state index is 0.223. The maximum atomic E-state index is 12.2. The van der Waals surface area contributed by atoms with Crippen molar-refractivity contribution in [3.8, 4) is 0 Å². The highest BCUT2D eigenvalue weighted by atomic mass is 32.2. The first kappa shape index (κ1) is 17.1. The third kappa shape index (κ3) is 6.03. The summed E-state index contributed by atoms with van der Waals surface area (Å²) < 4.78 is 25.8. The van der Waals surface area contributed by atoms with E-state index in [1.165, 1.54) is 4.31 Å². The molecule has 0 atom stereocenters. The lowest BCUT2D eigenvalue weighted by atomic mass is 10.1. The molecule has 0 spiro atoms. The molecule has 0 aromatic heterocycles. The summed E-state index contributed by atoms with van der Waals surface area (Å²) in [6, 6.07) is 7.96. The lowest BCUT2D eigenvalue weighted by molar-refractivity contribution is 0.464. The van der Waals surface area contributed by atoms with Gasteiger partial charge in [0.15, 0.2) is 0 Å². The molecule has 0 bridgehead atoms. The molecule has 0 radical (unpaired) electrons. The van der Waals surface area contributed by atoms with Gasteiger partial charge in [-0.05, 0) is 38.4 Å². The van der Waals surface area contributed by atoms with Crippen molar-refractivity contribution in [1.82, 2.24) is 9.62 Å². The van der Waals surface area contributed by atoms with Gasteiger partial charge in [0.05, 0.1) is 5.75 Å². The van der Waals surface area contributed by atoms with Crippen LogP contribution in [-0.2, 0) is 16.6 Å². The molecular weight excluding hydrogens is 272 g/mol. The molecule has 0 amide bonds. The largest absolute Gasteiger partial charge is 0.317 e. The lowest BCUT2D eigenvalue weighted by Crippen LogP contribution is -2.29. The van der Waals surface area contributed by atoms with Crippen molar-refractivity contribution in [2.24, 2.45) is 0 Å². The number of hydrogen-bond donors (Lipinski definition) is 1. The molecule has 0 saturated carbocycles. The number of benzene rings is 1. The second kappa shape index (κ2) is 8.39. The van der Waals surface area contributed by atoms with Crippen LogP contribution in [0, 0.1) is 6.92 Å². The number of hydrogen-bond acceptors (Lipinski definition) is 3. The van der Waals surface area contributed by atoms with Gasteiger partial charge in [-0.2, -0.15) is 0 Å². The van der Waals surface area contributed by atoms with Crippen LogP contribution in [0.5, 0.6) is 0 Å². The number of rotatable bonds is 9. The minimum Gasteiger partial charge on any atom is -0.317 e. The van der Waals surface area contributed by atoms with Gasteiger partial charge in [0.25, 0.3) is 0 Å². The van der Waals surface area contributed by atoms with Gasteiger partial charge in [-0.15, -0.1) is 0 Å². The van der Waals surface area contributed by atoms with Crippen LogP contribution in [-0.4, -0.2) is 38.6 Å². The van der Waals surface area contributed by atoms with Crippen molar-refractivity contribution in [2.75, 3.05) is 25.9 Å². The third-order valence-electron chi connectivity index (χ3n) is 3.22. The van der Waals surface area contributed by atoms with Crippen LogP contribution < -0.4 is 5.32 Å². The van der Waals surface area contributed by atoms with Crippen LogP contribution in [0.2, 0.25) is 0 Å². The smallest absolute Gasteiger partial charge is 0.214 e. The van der Waals surface area contributed by atoms with Gasteiger partial charge in [-0.3, -0.25) is 0 Å². The summed E-state index contributed by atoms with van der Waals surface area (Å²) in [5.41, 5.74) is 2.18. The monoisotopic (exact) mass is 298 g/mol. The molecule has 0 aliphatic rings. The van der Waals surface area contributed by atoms with Crippen LogP contribution >= 0.6 is 0 Å². The summed E-state index contributed by atoms with van der Waals surface area (Å²) in [5, 5.41) is 3.20. The molecule has 1 N–H and O–H groups in total. The second-order valence-corrected chi connectivity index (χ2v) is 7.32. The van der Waals surface area contributed by atoms with E-state index in [0.29, 0.717) is 13.0 Å². The molecule has 0 aliphatic heterocycles. The number of unbranched alkanes of at least 4 members (excludes halogenated alkanes) is 1. The van der Waals surface area contributed by atoms with E-state index in [2.05, 4.69) is 5.32 Å². The highest BCUT2D eigenvalue weighted by molar-refractivity contribution is 7.89. The van der Waals surface area contributed by atoms with Gasteiger partial charge in [-0.1, -0.05) is 36.8 Å². The van der Waals surface area contributed by atoms with Crippen LogP contribution in [0.15, 0.2) is 24.3 Å². The number of nitrogens with one attached hydrogen (secondary N) is 1. The normalized spacial score (nSPS) is 12.0. The first-order chi connectivity index (χ1) is 9.45. The zero-order chi connectivity index (χ0) is 15.0. The predicted octanol–water partition coefficient (Wildman–Crippen LogP) is 2.15. The fraction of sp³-hybridized carbons (Fsp3) is 0.600. The van der Waals surface area contributed by atoms with E-state index in [1.807, 2.05) is 38.1 Å². The van der Waals surface area contributed by atoms with Crippen molar-refractivity contribution < 1.29 is 8.42 Å². The summed E-state index contributed by atoms with van der Waals surface area (Å²) in [5.74, 6) is 0.223. The molecule has 1 aromatic rings. The molecular formula is C15H26N2O2S. The second-order valence-electron chi connectivity index (χ2n) is 5.12. The Bertz CT molecular complexity index is 500. The summed E-state index contributed by atoms with van der Waals surface area (Å²) in [7, 11) is -1.50. The Hall–Kier alpha value is -0.910. The first-order valence-electron chi connectivity index (χ1n) is 7.16. The van der Waals surface area contributed by atoms with Gasteiger partial charge >= 0.3 is 0 Å². The Balaban J connectivity index is 2.46. The van der Waals surface area contributed by atoms with Gasteiger partial charge < -0.3 is 5.32 Å². The Morgan fingerprint density at radius 2 is 2.00 bits per heavy atom. The van der Waals surface area contributed by atoms with E-state index in [1.54, 1.807) is 7.05 Å². The van der Waals surface area contributed by atoms with Crippen LogP contribution in [0.25, 0.3) is 0 Å². The third-order valence-corrected chi connectivity index (χ3v) is 5.10. The van der Waals surface area contributed by atoms with E-state index in [0.717, 1.165) is 30.6 Å². The molecule has 0 unspecified atom stereocenters. The van der Waals surface area contributed by atoms with Crippen molar-refractivity contribution in [1.29, 1.82) is 0 Å². The molecule has 4 nitrogen and oxygen atoms in total. The topological polar surface area (TPSA) is 49.4 Å². The van der Waals surface area contributed by atoms with Crippen LogP contribution in [0.1, 0.15) is 30.9 Å². The Morgan fingerprint density at radius 3 is 2.65 bits per heavy atom. The summed E-state index contributed by atoms with van der Waals surface area (Å²) in [6.07, 6.45) is 1.60. The molecule has 0 aliphatic carbocycles. The molecule has 20 heavy (non-hydrogen) atoms. The molecule has 5 heteroatoms. The highest BCUT2D eigenvalue weighted by Crippen LogP contribution is 2.10. The standard InChI is InChI=1S/C15H26N2O2S/c1-4-16-10-5-6-11-20(18,19)17(3)13-15-9-7-8-14(2)12-15/h7-9,12,16H,4-6,10-11,13H2,1-3H3. The quantitative estimate of drug-likeness (QED) is 0.711. The molecule has 0 heterocycles. The van der Waals surface area contributed by atoms with Gasteiger partial charge in [0.1, 0.15) is 0 Å². The first-order valence-corrected chi connectivity index (χ1v) is 8.77. The molecule has 0 saturated heterocycles. The molecule has 1 rings (SSSR count). The minimum atomic E-state index is -3.15. The van der Waals surface area contributed by atoms with Gasteiger partial charge in [-0.25, -0.2) is 12.7 Å². The maximum Gasteiger partial charge on any atom is 0.214 e. The molecule has 1 aromatic carbocycles. The summed E-state index contributed by atoms with van der Waals surface area (Å²) in [6.45, 7) is 6.32. The zero-order valence-electron chi connectivity index (χ0n) is 12.7. The van der Waals surface area contributed by atoms with Crippen molar-refractivity contribution in [3.63, 3.8) is 0 Å². The van der Waals surface area contributed by atoms with E-state index in [-0.39, 0.29) is 5.75 Å². The van der Waals surface area contributed by atoms with Crippen molar-refractivity contribution >= 4 is 10.0 Å². The number of sulfonamides is 1. The van der Waals surface area contributed by atoms with E-state index in [9.17, 15) is 8.42 Å². The van der Waals surface area contributed by atoms with E-state index in [4.69, 9.17) is 0 Å². The summed E-state index contributed by atoms with van der Waals surface area (Å²) in [4.78, 5) is 0. The van der Waals surface area contributed by atoms with Crippen LogP contribution in [0.4, 0.5) is 0 Å². The van der Waals surface area contributed by atoms with E-state index < -0.39 is 10.0 Å². The maximum absolute atomic E-state index is 12.2. The molecule has 0 fully saturated rings. The van der Waals surface area contributed by atoms with E-state index >= 15 is 0 Å². The zero-order valence-corrected chi connectivity index (χ0v) is 13.5. The lowest BCUT2D eigenvalue weighted by Gasteiger charge is -2.17. The number of aryl methyl sites for hydroxylation is 1. The van der Waals surface area contributed by atoms with Gasteiger partial charge in [0, 0.05) is 13.6 Å². The SMILES string of the molecule is CCNCCCCS(=O)(=O)N(C)Cc1cccc(C)c1. The fourth-order valence-electron chi connectivity index (χ4n) is 2.03.